The van der Waals surface area contributed by atoms with Gasteiger partial charge in [0.2, 0.25) is 45.3 Å². The number of imide groups is 1. The Balaban J connectivity index is 1.04. The van der Waals surface area contributed by atoms with Gasteiger partial charge in [-0.25, -0.2) is 13.1 Å². The number of hydrogen-bond donors (Lipinski definition) is 7. The third-order valence-electron chi connectivity index (χ3n) is 16.2. The summed E-state index contributed by atoms with van der Waals surface area (Å²) in [5, 5.41) is 17.5. The molecule has 0 aromatic rings. The molecular weight excluding hydrogens is 901 g/mol. The molecule has 2 heterocycles. The van der Waals surface area contributed by atoms with Crippen molar-refractivity contribution in [2.75, 3.05) is 45.8 Å². The first-order chi connectivity index (χ1) is 33.4. The second-order valence-electron chi connectivity index (χ2n) is 21.2. The standard InChI is InChI=1S/C51H86N8O9S/c60-45(49(64)55-31-32-56-69(67,68)38-22-9-6-10-23-38)43(34-36-18-7-5-8-19-36)58-48(63)42(27-17-28-54-47(62)44-35-52-29-30-53-44)57-46(61)39(37-20-12-13-21-37)24-11-3-1-2-4-16-33-59-50(65)40-25-14-15-26-41(40)51(59)66/h36-44,52-53,56H,1-35H2,(H,54,62)(H,55,64)(H,57,61)(H,58,63)/t39?,40?,41?,42-,43-,44?/m0/s1. The molecule has 17 nitrogen and oxygen atoms in total. The van der Waals surface area contributed by atoms with Crippen molar-refractivity contribution < 1.29 is 42.0 Å². The first kappa shape index (κ1) is 54.8. The third-order valence-corrected chi connectivity index (χ3v) is 18.2. The van der Waals surface area contributed by atoms with Gasteiger partial charge in [-0.15, -0.1) is 0 Å². The van der Waals surface area contributed by atoms with E-state index in [1.807, 2.05) is 0 Å². The molecule has 0 radical (unpaired) electrons. The van der Waals surface area contributed by atoms with Gasteiger partial charge in [-0.05, 0) is 82.5 Å². The Kier molecular flexibility index (Phi) is 22.7. The average molecular weight is 987 g/mol. The van der Waals surface area contributed by atoms with Crippen LogP contribution in [0, 0.1) is 29.6 Å². The minimum atomic E-state index is -3.55. The lowest BCUT2D eigenvalue weighted by molar-refractivity contribution is -0.141. The summed E-state index contributed by atoms with van der Waals surface area (Å²) in [6, 6.07) is -2.50. The lowest BCUT2D eigenvalue weighted by Crippen LogP contribution is -2.56. The highest BCUT2D eigenvalue weighted by Crippen LogP contribution is 2.38. The molecule has 0 spiro atoms. The molecule has 2 saturated heterocycles. The van der Waals surface area contributed by atoms with Crippen LogP contribution in [0.15, 0.2) is 0 Å². The number of fused-ring (bicyclic) bond motifs is 1. The molecule has 390 valence electrons. The molecule has 4 unspecified atom stereocenters. The summed E-state index contributed by atoms with van der Waals surface area (Å²) in [6.07, 6.45) is 23.5. The quantitative estimate of drug-likeness (QED) is 0.0336. The summed E-state index contributed by atoms with van der Waals surface area (Å²) < 4.78 is 28.3. The Morgan fingerprint density at radius 2 is 1.22 bits per heavy atom. The molecule has 6 fully saturated rings. The molecule has 4 saturated carbocycles. The van der Waals surface area contributed by atoms with E-state index in [0.717, 1.165) is 148 Å². The van der Waals surface area contributed by atoms with Crippen LogP contribution in [0.5, 0.6) is 0 Å². The van der Waals surface area contributed by atoms with Crippen LogP contribution in [0.3, 0.4) is 0 Å². The van der Waals surface area contributed by atoms with E-state index in [9.17, 15) is 42.0 Å². The zero-order valence-electron chi connectivity index (χ0n) is 41.5. The maximum Gasteiger partial charge on any atom is 0.289 e. The van der Waals surface area contributed by atoms with E-state index >= 15 is 0 Å². The number of carbonyl (C=O) groups excluding carboxylic acids is 7. The van der Waals surface area contributed by atoms with Crippen LogP contribution < -0.4 is 36.6 Å². The van der Waals surface area contributed by atoms with E-state index in [4.69, 9.17) is 0 Å². The number of rotatable bonds is 28. The van der Waals surface area contributed by atoms with Crippen molar-refractivity contribution >= 4 is 51.2 Å². The number of sulfonamides is 1. The number of Topliss-reactive ketones (excluding diaryl/α,β-unsaturated/α-hetero) is 1. The summed E-state index contributed by atoms with van der Waals surface area (Å²) in [4.78, 5) is 96.4. The summed E-state index contributed by atoms with van der Waals surface area (Å²) in [5.41, 5.74) is 0. The monoisotopic (exact) mass is 987 g/mol. The molecule has 6 amide bonds. The SMILES string of the molecule is O=C(NCCNS(=O)(=O)C1CCCCC1)C(=O)[C@H](CC1CCCCC1)NC(=O)[C@H](CCCNC(=O)C1CNCCN1)NC(=O)C(CCCCCCCCN1C(=O)C2CCCCC2C1=O)C1CCCC1. The summed E-state index contributed by atoms with van der Waals surface area (Å²) in [7, 11) is -3.55. The highest BCUT2D eigenvalue weighted by molar-refractivity contribution is 7.90. The topological polar surface area (TPSA) is 241 Å². The minimum absolute atomic E-state index is 0.0266. The normalized spacial score (nSPS) is 24.3. The fourth-order valence-electron chi connectivity index (χ4n) is 12.1. The Hall–Kier alpha value is -3.48. The fraction of sp³-hybridized carbons (Fsp3) is 0.863. The molecule has 4 aliphatic carbocycles. The van der Waals surface area contributed by atoms with Gasteiger partial charge in [0, 0.05) is 51.7 Å². The summed E-state index contributed by atoms with van der Waals surface area (Å²) >= 11 is 0. The molecule has 0 aromatic heterocycles. The predicted octanol–water partition coefficient (Wildman–Crippen LogP) is 4.03. The summed E-state index contributed by atoms with van der Waals surface area (Å²) in [6.45, 7) is 2.63. The van der Waals surface area contributed by atoms with E-state index in [2.05, 4.69) is 36.6 Å². The summed E-state index contributed by atoms with van der Waals surface area (Å²) in [5.74, 6) is -2.70. The van der Waals surface area contributed by atoms with E-state index in [-0.39, 0.29) is 91.7 Å². The van der Waals surface area contributed by atoms with Gasteiger partial charge in [0.15, 0.2) is 0 Å². The van der Waals surface area contributed by atoms with Gasteiger partial charge in [0.25, 0.3) is 5.91 Å². The van der Waals surface area contributed by atoms with E-state index in [0.29, 0.717) is 45.3 Å². The Morgan fingerprint density at radius 1 is 0.609 bits per heavy atom. The highest BCUT2D eigenvalue weighted by atomic mass is 32.2. The number of ketones is 1. The molecular formula is C51H86N8O9S. The Morgan fingerprint density at radius 3 is 1.88 bits per heavy atom. The van der Waals surface area contributed by atoms with Crippen molar-refractivity contribution in [1.29, 1.82) is 0 Å². The third kappa shape index (κ3) is 16.8. The highest BCUT2D eigenvalue weighted by Gasteiger charge is 2.47. The second-order valence-corrected chi connectivity index (χ2v) is 23.3. The van der Waals surface area contributed by atoms with Crippen molar-refractivity contribution in [3.05, 3.63) is 0 Å². The van der Waals surface area contributed by atoms with Crippen LogP contribution in [-0.4, -0.2) is 124 Å². The molecule has 2 aliphatic heterocycles. The number of unbranched alkanes of at least 4 members (excludes halogenated alkanes) is 5. The van der Waals surface area contributed by atoms with Crippen LogP contribution in [0.4, 0.5) is 0 Å². The van der Waals surface area contributed by atoms with Crippen molar-refractivity contribution in [2.45, 2.75) is 203 Å². The fourth-order valence-corrected chi connectivity index (χ4v) is 13.7. The predicted molar refractivity (Wildman–Crippen MR) is 264 cm³/mol. The van der Waals surface area contributed by atoms with Crippen LogP contribution in [-0.2, 0) is 43.6 Å². The zero-order chi connectivity index (χ0) is 49.0. The zero-order valence-corrected chi connectivity index (χ0v) is 42.3. The number of piperazine rings is 1. The molecule has 7 N–H and O–H groups in total. The molecule has 6 atom stereocenters. The lowest BCUT2D eigenvalue weighted by Gasteiger charge is -2.29. The van der Waals surface area contributed by atoms with Crippen molar-refractivity contribution in [3.63, 3.8) is 0 Å². The van der Waals surface area contributed by atoms with Gasteiger partial charge in [0.1, 0.15) is 6.04 Å². The average Bonchev–Trinajstić information content (AvgIpc) is 3.99. The number of hydrogen-bond acceptors (Lipinski definition) is 11. The number of nitrogens with one attached hydrogen (secondary N) is 7. The molecule has 0 aromatic carbocycles. The van der Waals surface area contributed by atoms with Gasteiger partial charge < -0.3 is 31.9 Å². The lowest BCUT2D eigenvalue weighted by atomic mass is 9.81. The van der Waals surface area contributed by atoms with Crippen LogP contribution in [0.2, 0.25) is 0 Å². The van der Waals surface area contributed by atoms with Gasteiger partial charge in [-0.1, -0.05) is 109 Å². The first-order valence-corrected chi connectivity index (χ1v) is 29.0. The van der Waals surface area contributed by atoms with Crippen molar-refractivity contribution in [2.24, 2.45) is 29.6 Å². The van der Waals surface area contributed by atoms with E-state index in [1.54, 1.807) is 0 Å². The van der Waals surface area contributed by atoms with E-state index < -0.39 is 45.0 Å². The van der Waals surface area contributed by atoms with Crippen molar-refractivity contribution in [3.8, 4) is 0 Å². The molecule has 6 rings (SSSR count). The van der Waals surface area contributed by atoms with Crippen LogP contribution in [0.1, 0.15) is 180 Å². The smallest absolute Gasteiger partial charge is 0.289 e. The Labute approximate surface area is 411 Å². The van der Waals surface area contributed by atoms with Gasteiger partial charge in [-0.3, -0.25) is 38.5 Å². The maximum absolute atomic E-state index is 14.4. The largest absolute Gasteiger partial charge is 0.355 e. The number of nitrogens with zero attached hydrogens (tertiary/aromatic N) is 1. The van der Waals surface area contributed by atoms with Crippen LogP contribution >= 0.6 is 0 Å². The van der Waals surface area contributed by atoms with E-state index in [1.165, 1.54) is 4.90 Å². The molecule has 0 bridgehead atoms. The number of amides is 6. The second kappa shape index (κ2) is 28.5. The van der Waals surface area contributed by atoms with Crippen molar-refractivity contribution in [1.82, 2.24) is 41.5 Å². The van der Waals surface area contributed by atoms with Gasteiger partial charge in [-0.2, -0.15) is 0 Å². The van der Waals surface area contributed by atoms with Gasteiger partial charge in [0.05, 0.1) is 29.2 Å². The maximum atomic E-state index is 14.4. The molecule has 18 heteroatoms. The molecule has 69 heavy (non-hydrogen) atoms. The minimum Gasteiger partial charge on any atom is -0.355 e. The van der Waals surface area contributed by atoms with Crippen LogP contribution in [0.25, 0.3) is 0 Å². The van der Waals surface area contributed by atoms with Gasteiger partial charge >= 0.3 is 0 Å². The first-order valence-electron chi connectivity index (χ1n) is 27.4. The molecule has 6 aliphatic rings. The number of carbonyl (C=O) groups is 7. The number of likely N-dealkylation sites (tertiary alicyclic amines) is 1. The Bertz CT molecular complexity index is 1790.